The predicted molar refractivity (Wildman–Crippen MR) is 74.5 cm³/mol. The summed E-state index contributed by atoms with van der Waals surface area (Å²) in [5.74, 6) is 0.826. The van der Waals surface area contributed by atoms with Crippen LogP contribution in [0.5, 0.6) is 0 Å². The average molecular weight is 246 g/mol. The van der Waals surface area contributed by atoms with Crippen molar-refractivity contribution in [3.63, 3.8) is 0 Å². The molecule has 2 heterocycles. The molecule has 19 heavy (non-hydrogen) atoms. The second kappa shape index (κ2) is 4.76. The third-order valence-corrected chi connectivity index (χ3v) is 3.03. The highest BCUT2D eigenvalue weighted by molar-refractivity contribution is 6.30. The van der Waals surface area contributed by atoms with E-state index < -0.39 is 0 Å². The van der Waals surface area contributed by atoms with Crippen molar-refractivity contribution in [3.05, 3.63) is 54.1 Å². The number of fused-ring (bicyclic) bond motifs is 1. The molecule has 0 fully saturated rings. The molecule has 0 aliphatic rings. The minimum atomic E-state index is 0.105. The number of rotatable bonds is 2. The van der Waals surface area contributed by atoms with Gasteiger partial charge in [0.15, 0.2) is 5.65 Å². The lowest BCUT2D eigenvalue weighted by molar-refractivity contribution is 0.822. The zero-order chi connectivity index (χ0) is 13.2. The van der Waals surface area contributed by atoms with Crippen molar-refractivity contribution in [1.29, 1.82) is 0 Å². The normalized spacial score (nSPS) is 12.5. The van der Waals surface area contributed by atoms with Crippen molar-refractivity contribution in [2.45, 2.75) is 12.8 Å². The topological polar surface area (TPSA) is 51.6 Å². The lowest BCUT2D eigenvalue weighted by Crippen LogP contribution is -2.11. The molecule has 0 amide bonds. The van der Waals surface area contributed by atoms with Gasteiger partial charge in [0.1, 0.15) is 19.2 Å². The average Bonchev–Trinajstić information content (AvgIpc) is 2.46. The summed E-state index contributed by atoms with van der Waals surface area (Å²) in [6.45, 7) is 2.07. The van der Waals surface area contributed by atoms with Gasteiger partial charge in [-0.05, 0) is 5.56 Å². The van der Waals surface area contributed by atoms with Crippen molar-refractivity contribution < 1.29 is 0 Å². The van der Waals surface area contributed by atoms with Crippen molar-refractivity contribution in [2.24, 2.45) is 0 Å². The fraction of sp³-hybridized carbons (Fsp3) is 0.143. The van der Waals surface area contributed by atoms with E-state index in [1.54, 1.807) is 6.20 Å². The van der Waals surface area contributed by atoms with E-state index in [4.69, 9.17) is 7.85 Å². The second-order valence-electron chi connectivity index (χ2n) is 4.36. The van der Waals surface area contributed by atoms with Gasteiger partial charge in [-0.3, -0.25) is 4.98 Å². The number of aromatic nitrogens is 4. The minimum absolute atomic E-state index is 0.105. The highest BCUT2D eigenvalue weighted by Crippen LogP contribution is 2.21. The summed E-state index contributed by atoms with van der Waals surface area (Å²) < 4.78 is 0. The molecule has 0 saturated heterocycles. The van der Waals surface area contributed by atoms with Crippen LogP contribution in [0, 0.1) is 0 Å². The van der Waals surface area contributed by atoms with Gasteiger partial charge in [0.25, 0.3) is 0 Å². The molecule has 0 spiro atoms. The van der Waals surface area contributed by atoms with Crippen LogP contribution in [0.25, 0.3) is 11.2 Å². The van der Waals surface area contributed by atoms with E-state index in [9.17, 15) is 0 Å². The van der Waals surface area contributed by atoms with E-state index in [0.717, 1.165) is 5.82 Å². The van der Waals surface area contributed by atoms with Crippen LogP contribution in [0.1, 0.15) is 24.2 Å². The van der Waals surface area contributed by atoms with Crippen LogP contribution in [0.2, 0.25) is 0 Å². The summed E-state index contributed by atoms with van der Waals surface area (Å²) in [7, 11) is 5.63. The fourth-order valence-electron chi connectivity index (χ4n) is 1.94. The summed E-state index contributed by atoms with van der Waals surface area (Å²) in [5.41, 5.74) is 2.72. The molecule has 3 rings (SSSR count). The summed E-state index contributed by atoms with van der Waals surface area (Å²) in [6, 6.07) is 10.1. The maximum absolute atomic E-state index is 5.63. The number of hydrogen-bond acceptors (Lipinski definition) is 4. The predicted octanol–water partition coefficient (Wildman–Crippen LogP) is 1.37. The van der Waals surface area contributed by atoms with Gasteiger partial charge in [0, 0.05) is 17.7 Å². The fourth-order valence-corrected chi connectivity index (χ4v) is 1.94. The Morgan fingerprint density at radius 2 is 1.79 bits per heavy atom. The smallest absolute Gasteiger partial charge is 0.180 e. The third-order valence-electron chi connectivity index (χ3n) is 3.03. The molecular weight excluding hydrogens is 235 g/mol. The van der Waals surface area contributed by atoms with Gasteiger partial charge in [-0.2, -0.15) is 0 Å². The molecule has 0 aliphatic carbocycles. The molecule has 0 N–H and O–H groups in total. The van der Waals surface area contributed by atoms with Crippen LogP contribution >= 0.6 is 0 Å². The Kier molecular flexibility index (Phi) is 2.95. The maximum Gasteiger partial charge on any atom is 0.180 e. The van der Waals surface area contributed by atoms with E-state index in [-0.39, 0.29) is 5.92 Å². The molecule has 4 nitrogen and oxygen atoms in total. The Morgan fingerprint density at radius 3 is 2.58 bits per heavy atom. The number of hydrogen-bond donors (Lipinski definition) is 0. The molecular formula is C14H11BN4. The van der Waals surface area contributed by atoms with Gasteiger partial charge in [0.2, 0.25) is 0 Å². The second-order valence-corrected chi connectivity index (χ2v) is 4.36. The van der Waals surface area contributed by atoms with Crippen LogP contribution in [-0.4, -0.2) is 27.8 Å². The summed E-state index contributed by atoms with van der Waals surface area (Å²) in [4.78, 5) is 17.1. The largest absolute Gasteiger partial charge is 0.250 e. The van der Waals surface area contributed by atoms with E-state index in [1.165, 1.54) is 11.8 Å². The number of nitrogens with zero attached hydrogens (tertiary/aromatic N) is 4. The van der Waals surface area contributed by atoms with Gasteiger partial charge in [-0.15, -0.1) is 0 Å². The Balaban J connectivity index is 2.05. The zero-order valence-corrected chi connectivity index (χ0v) is 10.5. The maximum atomic E-state index is 5.63. The quantitative estimate of drug-likeness (QED) is 0.641. The first-order valence-electron chi connectivity index (χ1n) is 6.04. The SMILES string of the molecule is [B]c1cnc2cnc(C(C)c3ccccc3)nc2n1. The summed E-state index contributed by atoms with van der Waals surface area (Å²) in [5, 5.41) is 0. The first kappa shape index (κ1) is 11.8. The van der Waals surface area contributed by atoms with Gasteiger partial charge in [-0.25, -0.2) is 15.0 Å². The van der Waals surface area contributed by atoms with E-state index in [2.05, 4.69) is 39.0 Å². The van der Waals surface area contributed by atoms with Crippen LogP contribution < -0.4 is 5.59 Å². The molecule has 0 aliphatic heterocycles. The van der Waals surface area contributed by atoms with Crippen LogP contribution in [0.3, 0.4) is 0 Å². The van der Waals surface area contributed by atoms with Crippen LogP contribution in [0.4, 0.5) is 0 Å². The molecule has 1 atom stereocenters. The van der Waals surface area contributed by atoms with E-state index in [0.29, 0.717) is 16.8 Å². The first-order valence-corrected chi connectivity index (χ1v) is 6.04. The molecule has 1 unspecified atom stereocenters. The van der Waals surface area contributed by atoms with E-state index in [1.807, 2.05) is 18.2 Å². The summed E-state index contributed by atoms with van der Waals surface area (Å²) in [6.07, 6.45) is 3.19. The van der Waals surface area contributed by atoms with Gasteiger partial charge < -0.3 is 0 Å². The van der Waals surface area contributed by atoms with Crippen LogP contribution in [-0.2, 0) is 0 Å². The van der Waals surface area contributed by atoms with Gasteiger partial charge >= 0.3 is 0 Å². The first-order chi connectivity index (χ1) is 9.24. The third kappa shape index (κ3) is 2.31. The highest BCUT2D eigenvalue weighted by Gasteiger charge is 2.12. The summed E-state index contributed by atoms with van der Waals surface area (Å²) >= 11 is 0. The van der Waals surface area contributed by atoms with Crippen molar-refractivity contribution >= 4 is 24.6 Å². The molecule has 5 heteroatoms. The highest BCUT2D eigenvalue weighted by atomic mass is 15.0. The zero-order valence-electron chi connectivity index (χ0n) is 10.5. The Hall–Kier alpha value is -2.30. The molecule has 1 aromatic carbocycles. The van der Waals surface area contributed by atoms with Gasteiger partial charge in [0.05, 0.1) is 6.20 Å². The molecule has 2 aromatic heterocycles. The van der Waals surface area contributed by atoms with Crippen molar-refractivity contribution in [1.82, 2.24) is 19.9 Å². The molecule has 0 saturated carbocycles. The molecule has 2 radical (unpaired) electrons. The Morgan fingerprint density at radius 1 is 1.00 bits per heavy atom. The lowest BCUT2D eigenvalue weighted by Gasteiger charge is -2.10. The monoisotopic (exact) mass is 246 g/mol. The molecule has 3 aromatic rings. The Bertz CT molecular complexity index is 715. The Labute approximate surface area is 112 Å². The van der Waals surface area contributed by atoms with Gasteiger partial charge in [-0.1, -0.05) is 37.3 Å². The van der Waals surface area contributed by atoms with Crippen LogP contribution in [0.15, 0.2) is 42.7 Å². The molecule has 0 bridgehead atoms. The van der Waals surface area contributed by atoms with E-state index >= 15 is 0 Å². The lowest BCUT2D eigenvalue weighted by atomic mass is 10.0. The number of benzene rings is 1. The standard InChI is InChI=1S/C14H11BN4/c1-9(10-5-3-2-4-6-10)13-17-7-11-14(19-13)18-12(15)8-16-11/h2-9H,1H3. The molecule has 90 valence electrons. The van der Waals surface area contributed by atoms with Crippen molar-refractivity contribution in [3.8, 4) is 0 Å². The van der Waals surface area contributed by atoms with Crippen molar-refractivity contribution in [2.75, 3.05) is 0 Å². The minimum Gasteiger partial charge on any atom is -0.250 e.